The number of carbonyl (C=O) groups is 2. The summed E-state index contributed by atoms with van der Waals surface area (Å²) >= 11 is 6.98. The average Bonchev–Trinajstić information content (AvgIpc) is 3.24. The number of hydrogen-bond acceptors (Lipinski definition) is 5. The number of aromatic nitrogens is 3. The summed E-state index contributed by atoms with van der Waals surface area (Å²) < 4.78 is 4.10. The molecule has 3 aromatic rings. The van der Waals surface area contributed by atoms with Crippen LogP contribution in [-0.2, 0) is 17.8 Å². The van der Waals surface area contributed by atoms with Crippen molar-refractivity contribution in [1.82, 2.24) is 24.8 Å². The van der Waals surface area contributed by atoms with Crippen molar-refractivity contribution in [2.75, 3.05) is 0 Å². The maximum Gasteiger partial charge on any atom is 0.325 e. The maximum atomic E-state index is 12.6. The Bertz CT molecular complexity index is 937. The Kier molecular flexibility index (Phi) is 3.70. The van der Waals surface area contributed by atoms with E-state index in [-0.39, 0.29) is 12.5 Å². The smallest absolute Gasteiger partial charge is 0.325 e. The molecule has 7 nitrogen and oxygen atoms in total. The van der Waals surface area contributed by atoms with Crippen molar-refractivity contribution in [2.45, 2.75) is 19.0 Å². The lowest BCUT2D eigenvalue weighted by Gasteiger charge is -2.11. The van der Waals surface area contributed by atoms with Crippen LogP contribution in [0.1, 0.15) is 11.3 Å². The van der Waals surface area contributed by atoms with E-state index in [9.17, 15) is 9.59 Å². The zero-order valence-corrected chi connectivity index (χ0v) is 13.9. The van der Waals surface area contributed by atoms with Crippen molar-refractivity contribution in [3.63, 3.8) is 0 Å². The molecule has 0 aliphatic carbocycles. The van der Waals surface area contributed by atoms with Crippen LogP contribution in [0.3, 0.4) is 0 Å². The largest absolute Gasteiger partial charge is 0.361 e. The molecule has 1 aromatic carbocycles. The predicted molar refractivity (Wildman–Crippen MR) is 89.8 cm³/mol. The number of hydrogen-bond donors (Lipinski definition) is 2. The number of aromatic amines is 1. The van der Waals surface area contributed by atoms with Gasteiger partial charge in [-0.3, -0.25) is 9.69 Å². The summed E-state index contributed by atoms with van der Waals surface area (Å²) in [5.41, 5.74) is 2.42. The first-order valence-corrected chi connectivity index (χ1v) is 8.42. The van der Waals surface area contributed by atoms with Crippen molar-refractivity contribution in [3.05, 3.63) is 46.1 Å². The molecule has 0 saturated carbocycles. The second-order valence-corrected chi connectivity index (χ2v) is 6.84. The second-order valence-electron chi connectivity index (χ2n) is 5.48. The lowest BCUT2D eigenvalue weighted by Crippen LogP contribution is -2.32. The summed E-state index contributed by atoms with van der Waals surface area (Å²) in [5.74, 6) is -0.283. The Labute approximate surface area is 145 Å². The zero-order chi connectivity index (χ0) is 16.7. The van der Waals surface area contributed by atoms with E-state index in [0.717, 1.165) is 32.9 Å². The average molecular weight is 362 g/mol. The lowest BCUT2D eigenvalue weighted by atomic mass is 10.1. The molecule has 3 heterocycles. The van der Waals surface area contributed by atoms with Crippen LogP contribution in [0.15, 0.2) is 30.5 Å². The van der Waals surface area contributed by atoms with Gasteiger partial charge in [-0.1, -0.05) is 34.3 Å². The summed E-state index contributed by atoms with van der Waals surface area (Å²) in [4.78, 5) is 29.0. The van der Waals surface area contributed by atoms with Gasteiger partial charge in [-0.2, -0.15) is 0 Å². The molecule has 0 radical (unpaired) electrons. The van der Waals surface area contributed by atoms with Crippen molar-refractivity contribution < 1.29 is 9.59 Å². The number of rotatable bonds is 4. The summed E-state index contributed by atoms with van der Waals surface area (Å²) in [6.07, 6.45) is 2.29. The first kappa shape index (κ1) is 15.1. The van der Waals surface area contributed by atoms with Crippen LogP contribution in [0.5, 0.6) is 0 Å². The number of urea groups is 1. The van der Waals surface area contributed by atoms with Crippen LogP contribution in [0, 0.1) is 0 Å². The summed E-state index contributed by atoms with van der Waals surface area (Å²) in [7, 11) is 0. The van der Waals surface area contributed by atoms with Crippen molar-refractivity contribution >= 4 is 46.0 Å². The molecule has 1 aliphatic rings. The van der Waals surface area contributed by atoms with Gasteiger partial charge in [0.2, 0.25) is 0 Å². The molecule has 9 heteroatoms. The van der Waals surface area contributed by atoms with E-state index >= 15 is 0 Å². The predicted octanol–water partition coefficient (Wildman–Crippen LogP) is 2.34. The number of fused-ring (bicyclic) bond motifs is 1. The molecular formula is C15H12ClN5O2S. The van der Waals surface area contributed by atoms with Crippen LogP contribution < -0.4 is 5.32 Å². The first-order valence-electron chi connectivity index (χ1n) is 7.27. The molecule has 1 unspecified atom stereocenters. The molecule has 1 saturated heterocycles. The minimum Gasteiger partial charge on any atom is -0.361 e. The Morgan fingerprint density at radius 1 is 1.29 bits per heavy atom. The Morgan fingerprint density at radius 2 is 2.12 bits per heavy atom. The molecule has 122 valence electrons. The maximum absolute atomic E-state index is 12.6. The molecule has 24 heavy (non-hydrogen) atoms. The molecule has 1 fully saturated rings. The van der Waals surface area contributed by atoms with E-state index in [1.807, 2.05) is 30.5 Å². The highest BCUT2D eigenvalue weighted by molar-refractivity contribution is 7.10. The Morgan fingerprint density at radius 3 is 2.92 bits per heavy atom. The minimum absolute atomic E-state index is 0.0321. The number of nitrogens with zero attached hydrogens (tertiary/aromatic N) is 3. The van der Waals surface area contributed by atoms with Crippen LogP contribution in [0.4, 0.5) is 4.79 Å². The summed E-state index contributed by atoms with van der Waals surface area (Å²) in [5, 5.41) is 7.62. The van der Waals surface area contributed by atoms with E-state index in [1.54, 1.807) is 0 Å². The molecule has 1 atom stereocenters. The first-order chi connectivity index (χ1) is 11.6. The topological polar surface area (TPSA) is 91.0 Å². The number of para-hydroxylation sites is 1. The molecule has 1 aliphatic heterocycles. The number of amides is 3. The van der Waals surface area contributed by atoms with E-state index in [2.05, 4.69) is 19.9 Å². The van der Waals surface area contributed by atoms with Gasteiger partial charge in [-0.25, -0.2) is 4.79 Å². The Hall–Kier alpha value is -2.45. The van der Waals surface area contributed by atoms with Gasteiger partial charge >= 0.3 is 6.03 Å². The standard InChI is InChI=1S/C15H12ClN5O2S/c16-13-12(19-20-24-13)7-21-14(22)11(18-15(21)23)5-8-6-17-10-4-2-1-3-9(8)10/h1-4,6,11,17H,5,7H2,(H,18,23). The van der Waals surface area contributed by atoms with Gasteiger partial charge in [-0.15, -0.1) is 5.10 Å². The molecule has 2 N–H and O–H groups in total. The second kappa shape index (κ2) is 5.88. The normalized spacial score (nSPS) is 17.7. The minimum atomic E-state index is -0.595. The quantitative estimate of drug-likeness (QED) is 0.698. The number of halogens is 1. The van der Waals surface area contributed by atoms with Gasteiger partial charge in [0.05, 0.1) is 6.54 Å². The number of nitrogens with one attached hydrogen (secondary N) is 2. The zero-order valence-electron chi connectivity index (χ0n) is 12.3. The van der Waals surface area contributed by atoms with E-state index in [0.29, 0.717) is 16.5 Å². The summed E-state index contributed by atoms with van der Waals surface area (Å²) in [6, 6.07) is 6.81. The van der Waals surface area contributed by atoms with Crippen LogP contribution in [0.2, 0.25) is 4.34 Å². The van der Waals surface area contributed by atoms with E-state index < -0.39 is 12.1 Å². The molecule has 0 bridgehead atoms. The van der Waals surface area contributed by atoms with E-state index in [4.69, 9.17) is 11.6 Å². The van der Waals surface area contributed by atoms with Crippen molar-refractivity contribution in [1.29, 1.82) is 0 Å². The van der Waals surface area contributed by atoms with Crippen molar-refractivity contribution in [3.8, 4) is 0 Å². The third-order valence-electron chi connectivity index (χ3n) is 4.02. The molecule has 2 aromatic heterocycles. The third kappa shape index (κ3) is 2.53. The van der Waals surface area contributed by atoms with Gasteiger partial charge in [0, 0.05) is 35.1 Å². The van der Waals surface area contributed by atoms with Crippen LogP contribution in [-0.4, -0.2) is 37.5 Å². The van der Waals surface area contributed by atoms with Gasteiger partial charge in [0.1, 0.15) is 16.1 Å². The van der Waals surface area contributed by atoms with Crippen molar-refractivity contribution in [2.24, 2.45) is 0 Å². The van der Waals surface area contributed by atoms with Gasteiger partial charge in [0.25, 0.3) is 5.91 Å². The highest BCUT2D eigenvalue weighted by Crippen LogP contribution is 2.23. The van der Waals surface area contributed by atoms with E-state index in [1.165, 1.54) is 0 Å². The van der Waals surface area contributed by atoms with Crippen LogP contribution in [0.25, 0.3) is 10.9 Å². The van der Waals surface area contributed by atoms with Gasteiger partial charge in [0.15, 0.2) is 0 Å². The number of H-pyrrole nitrogens is 1. The molecule has 3 amide bonds. The number of benzene rings is 1. The third-order valence-corrected chi connectivity index (χ3v) is 5.01. The lowest BCUT2D eigenvalue weighted by molar-refractivity contribution is -0.127. The fraction of sp³-hybridized carbons (Fsp3) is 0.200. The number of carbonyl (C=O) groups excluding carboxylic acids is 2. The van der Waals surface area contributed by atoms with Crippen LogP contribution >= 0.6 is 23.1 Å². The fourth-order valence-electron chi connectivity index (χ4n) is 2.83. The summed E-state index contributed by atoms with van der Waals surface area (Å²) in [6.45, 7) is 0.0321. The molecule has 4 rings (SSSR count). The monoisotopic (exact) mass is 361 g/mol. The highest BCUT2D eigenvalue weighted by atomic mass is 35.5. The molecule has 0 spiro atoms. The number of imide groups is 1. The van der Waals surface area contributed by atoms with Gasteiger partial charge < -0.3 is 10.3 Å². The molecular weight excluding hydrogens is 350 g/mol. The highest BCUT2D eigenvalue weighted by Gasteiger charge is 2.38. The van der Waals surface area contributed by atoms with Gasteiger partial charge in [-0.05, 0) is 11.6 Å². The fourth-order valence-corrected chi connectivity index (χ4v) is 3.44. The SMILES string of the molecule is O=C1NC(Cc2c[nH]c3ccccc23)C(=O)N1Cc1nnsc1Cl. The Balaban J connectivity index is 1.54.